The molecule has 0 saturated heterocycles. The van der Waals surface area contributed by atoms with Crippen LogP contribution in [0.25, 0.3) is 0 Å². The molecular weight excluding hydrogens is 385 g/mol. The molecule has 1 aromatic heterocycles. The van der Waals surface area contributed by atoms with E-state index in [9.17, 15) is 17.6 Å². The second-order valence-electron chi connectivity index (χ2n) is 5.68. The van der Waals surface area contributed by atoms with Gasteiger partial charge in [0.25, 0.3) is 15.9 Å². The first-order chi connectivity index (χ1) is 13.4. The number of benzene rings is 2. The van der Waals surface area contributed by atoms with Crippen molar-refractivity contribution in [2.24, 2.45) is 0 Å². The summed E-state index contributed by atoms with van der Waals surface area (Å²) in [6.07, 6.45) is 1.46. The fraction of sp³-hybridized carbons (Fsp3) is 0.0526. The minimum atomic E-state index is -3.86. The van der Waals surface area contributed by atoms with E-state index < -0.39 is 15.8 Å². The molecular formula is C19H16FN3O4S. The molecule has 0 unspecified atom stereocenters. The van der Waals surface area contributed by atoms with Gasteiger partial charge in [-0.25, -0.2) is 17.8 Å². The number of pyridine rings is 1. The average Bonchev–Trinajstić information content (AvgIpc) is 2.69. The summed E-state index contributed by atoms with van der Waals surface area (Å²) in [7, 11) is -2.36. The molecule has 3 rings (SSSR count). The Labute approximate surface area is 161 Å². The Bertz CT molecular complexity index is 1070. The summed E-state index contributed by atoms with van der Waals surface area (Å²) in [6, 6.07) is 13.6. The van der Waals surface area contributed by atoms with Crippen LogP contribution < -0.4 is 14.8 Å². The summed E-state index contributed by atoms with van der Waals surface area (Å²) in [6.45, 7) is 0. The predicted octanol–water partition coefficient (Wildman–Crippen LogP) is 3.28. The van der Waals surface area contributed by atoms with Gasteiger partial charge in [-0.15, -0.1) is 0 Å². The SMILES string of the molecule is COc1ccc(NC(=O)c2ccc(NS(=O)(=O)c3ccc(F)cc3)cc2)cn1. The maximum Gasteiger partial charge on any atom is 0.261 e. The van der Waals surface area contributed by atoms with E-state index in [1.54, 1.807) is 12.1 Å². The third-order valence-corrected chi connectivity index (χ3v) is 5.12. The van der Waals surface area contributed by atoms with Crippen LogP contribution in [-0.4, -0.2) is 26.4 Å². The summed E-state index contributed by atoms with van der Waals surface area (Å²) in [4.78, 5) is 16.2. The van der Waals surface area contributed by atoms with Crippen molar-refractivity contribution in [2.75, 3.05) is 17.1 Å². The fourth-order valence-corrected chi connectivity index (χ4v) is 3.35. The van der Waals surface area contributed by atoms with E-state index in [1.807, 2.05) is 0 Å². The van der Waals surface area contributed by atoms with Crippen LogP contribution in [0.4, 0.5) is 15.8 Å². The van der Waals surface area contributed by atoms with E-state index >= 15 is 0 Å². The number of nitrogens with zero attached hydrogens (tertiary/aromatic N) is 1. The minimum Gasteiger partial charge on any atom is -0.481 e. The number of amides is 1. The second-order valence-corrected chi connectivity index (χ2v) is 7.36. The Morgan fingerprint density at radius 1 is 0.964 bits per heavy atom. The van der Waals surface area contributed by atoms with Gasteiger partial charge in [-0.1, -0.05) is 0 Å². The molecule has 0 atom stereocenters. The highest BCUT2D eigenvalue weighted by Crippen LogP contribution is 2.18. The van der Waals surface area contributed by atoms with Gasteiger partial charge >= 0.3 is 0 Å². The van der Waals surface area contributed by atoms with E-state index in [4.69, 9.17) is 4.74 Å². The quantitative estimate of drug-likeness (QED) is 0.661. The van der Waals surface area contributed by atoms with Gasteiger partial charge in [0.05, 0.1) is 23.9 Å². The normalized spacial score (nSPS) is 10.9. The Kier molecular flexibility index (Phi) is 5.55. The molecule has 1 heterocycles. The van der Waals surface area contributed by atoms with Crippen molar-refractivity contribution >= 4 is 27.3 Å². The number of anilines is 2. The van der Waals surface area contributed by atoms with Crippen LogP contribution in [0, 0.1) is 5.82 Å². The lowest BCUT2D eigenvalue weighted by atomic mass is 10.2. The molecule has 28 heavy (non-hydrogen) atoms. The molecule has 0 aliphatic heterocycles. The largest absolute Gasteiger partial charge is 0.481 e. The van der Waals surface area contributed by atoms with Crippen molar-refractivity contribution < 1.29 is 22.3 Å². The van der Waals surface area contributed by atoms with E-state index in [2.05, 4.69) is 15.0 Å². The monoisotopic (exact) mass is 401 g/mol. The maximum absolute atomic E-state index is 13.0. The van der Waals surface area contributed by atoms with Crippen molar-refractivity contribution in [3.05, 3.63) is 78.2 Å². The number of rotatable bonds is 6. The van der Waals surface area contributed by atoms with Crippen LogP contribution in [0.15, 0.2) is 71.8 Å². The molecule has 0 aliphatic carbocycles. The number of nitrogens with one attached hydrogen (secondary N) is 2. The Balaban J connectivity index is 1.68. The maximum atomic E-state index is 13.0. The number of ether oxygens (including phenoxy) is 1. The molecule has 144 valence electrons. The van der Waals surface area contributed by atoms with Crippen molar-refractivity contribution in [3.8, 4) is 5.88 Å². The Hall–Kier alpha value is -3.46. The number of carbonyl (C=O) groups is 1. The van der Waals surface area contributed by atoms with Crippen molar-refractivity contribution in [3.63, 3.8) is 0 Å². The standard InChI is InChI=1S/C19H16FN3O4S/c1-27-18-11-8-16(12-21-18)22-19(24)13-2-6-15(7-3-13)23-28(25,26)17-9-4-14(20)5-10-17/h2-12,23H,1H3,(H,22,24). The molecule has 0 fully saturated rings. The highest BCUT2D eigenvalue weighted by atomic mass is 32.2. The van der Waals surface area contributed by atoms with Crippen molar-refractivity contribution in [1.82, 2.24) is 4.98 Å². The van der Waals surface area contributed by atoms with Crippen LogP contribution in [0.2, 0.25) is 0 Å². The molecule has 1 amide bonds. The zero-order valence-electron chi connectivity index (χ0n) is 14.7. The highest BCUT2D eigenvalue weighted by molar-refractivity contribution is 7.92. The van der Waals surface area contributed by atoms with E-state index in [1.165, 1.54) is 49.7 Å². The lowest BCUT2D eigenvalue weighted by molar-refractivity contribution is 0.102. The number of sulfonamides is 1. The Morgan fingerprint density at radius 2 is 1.61 bits per heavy atom. The van der Waals surface area contributed by atoms with Gasteiger partial charge in [0.1, 0.15) is 5.82 Å². The van der Waals surface area contributed by atoms with E-state index in [0.717, 1.165) is 12.1 Å². The molecule has 7 nitrogen and oxygen atoms in total. The van der Waals surface area contributed by atoms with Crippen LogP contribution in [0.5, 0.6) is 5.88 Å². The first-order valence-electron chi connectivity index (χ1n) is 8.07. The molecule has 0 aliphatic rings. The number of aromatic nitrogens is 1. The first kappa shape index (κ1) is 19.3. The molecule has 0 spiro atoms. The smallest absolute Gasteiger partial charge is 0.261 e. The summed E-state index contributed by atoms with van der Waals surface area (Å²) < 4.78 is 44.9. The average molecular weight is 401 g/mol. The molecule has 0 saturated carbocycles. The van der Waals surface area contributed by atoms with Gasteiger partial charge in [0.15, 0.2) is 0 Å². The van der Waals surface area contributed by atoms with Gasteiger partial charge in [-0.05, 0) is 54.6 Å². The summed E-state index contributed by atoms with van der Waals surface area (Å²) in [5.41, 5.74) is 1.10. The predicted molar refractivity (Wildman–Crippen MR) is 102 cm³/mol. The lowest BCUT2D eigenvalue weighted by Crippen LogP contribution is -2.14. The van der Waals surface area contributed by atoms with Crippen LogP contribution in [0.3, 0.4) is 0 Å². The van der Waals surface area contributed by atoms with Gasteiger partial charge in [0, 0.05) is 17.3 Å². The summed E-state index contributed by atoms with van der Waals surface area (Å²) >= 11 is 0. The second kappa shape index (κ2) is 8.05. The van der Waals surface area contributed by atoms with Crippen LogP contribution >= 0.6 is 0 Å². The number of hydrogen-bond donors (Lipinski definition) is 2. The van der Waals surface area contributed by atoms with Crippen LogP contribution in [0.1, 0.15) is 10.4 Å². The lowest BCUT2D eigenvalue weighted by Gasteiger charge is -2.09. The van der Waals surface area contributed by atoms with Crippen molar-refractivity contribution in [1.29, 1.82) is 0 Å². The number of hydrogen-bond acceptors (Lipinski definition) is 5. The van der Waals surface area contributed by atoms with Gasteiger partial charge in [-0.3, -0.25) is 9.52 Å². The number of methoxy groups -OCH3 is 1. The highest BCUT2D eigenvalue weighted by Gasteiger charge is 2.14. The van der Waals surface area contributed by atoms with Crippen LogP contribution in [-0.2, 0) is 10.0 Å². The van der Waals surface area contributed by atoms with Gasteiger partial charge < -0.3 is 10.1 Å². The third-order valence-electron chi connectivity index (χ3n) is 3.73. The number of halogens is 1. The molecule has 0 radical (unpaired) electrons. The van der Waals surface area contributed by atoms with E-state index in [0.29, 0.717) is 17.1 Å². The number of carbonyl (C=O) groups excluding carboxylic acids is 1. The van der Waals surface area contributed by atoms with Gasteiger partial charge in [0.2, 0.25) is 5.88 Å². The third kappa shape index (κ3) is 4.63. The molecule has 0 bridgehead atoms. The summed E-state index contributed by atoms with van der Waals surface area (Å²) in [5.74, 6) is -0.475. The first-order valence-corrected chi connectivity index (χ1v) is 9.55. The zero-order chi connectivity index (χ0) is 20.1. The molecule has 2 aromatic carbocycles. The topological polar surface area (TPSA) is 97.4 Å². The fourth-order valence-electron chi connectivity index (χ4n) is 2.30. The minimum absolute atomic E-state index is 0.0669. The van der Waals surface area contributed by atoms with Crippen molar-refractivity contribution in [2.45, 2.75) is 4.90 Å². The molecule has 3 aromatic rings. The summed E-state index contributed by atoms with van der Waals surface area (Å²) in [5, 5.41) is 2.68. The van der Waals surface area contributed by atoms with Gasteiger partial charge in [-0.2, -0.15) is 0 Å². The zero-order valence-corrected chi connectivity index (χ0v) is 15.5. The molecule has 9 heteroatoms. The Morgan fingerprint density at radius 3 is 2.18 bits per heavy atom. The molecule has 2 N–H and O–H groups in total. The van der Waals surface area contributed by atoms with E-state index in [-0.39, 0.29) is 16.5 Å².